The molecule has 1 aliphatic heterocycles. The zero-order valence-electron chi connectivity index (χ0n) is 17.8. The van der Waals surface area contributed by atoms with Crippen molar-refractivity contribution in [2.45, 2.75) is 13.2 Å². The molecule has 0 N–H and O–H groups in total. The van der Waals surface area contributed by atoms with Crippen LogP contribution >= 0.6 is 0 Å². The second kappa shape index (κ2) is 10.6. The van der Waals surface area contributed by atoms with Crippen LogP contribution in [0.25, 0.3) is 0 Å². The minimum absolute atomic E-state index is 0.000641. The maximum atomic E-state index is 12.3. The Hall–Kier alpha value is -3.58. The van der Waals surface area contributed by atoms with Crippen molar-refractivity contribution in [3.8, 4) is 5.75 Å². The number of ether oxygens (including phenoxy) is 2. The van der Waals surface area contributed by atoms with Crippen molar-refractivity contribution in [2.24, 2.45) is 0 Å². The van der Waals surface area contributed by atoms with Crippen LogP contribution in [0.15, 0.2) is 82.2 Å². The lowest BCUT2D eigenvalue weighted by molar-refractivity contribution is -0.147. The molecule has 0 atom stereocenters. The van der Waals surface area contributed by atoms with Gasteiger partial charge in [-0.3, -0.25) is 9.69 Å². The zero-order chi connectivity index (χ0) is 22.2. The van der Waals surface area contributed by atoms with Gasteiger partial charge < -0.3 is 18.8 Å². The molecule has 32 heavy (non-hydrogen) atoms. The molecular weight excluding hydrogens is 408 g/mol. The molecule has 0 radical (unpaired) electrons. The van der Waals surface area contributed by atoms with Crippen molar-refractivity contribution < 1.29 is 18.7 Å². The largest absolute Gasteiger partial charge is 0.475 e. The van der Waals surface area contributed by atoms with Crippen LogP contribution in [0.1, 0.15) is 11.3 Å². The van der Waals surface area contributed by atoms with E-state index in [1.54, 1.807) is 0 Å². The fourth-order valence-corrected chi connectivity index (χ4v) is 3.57. The number of para-hydroxylation sites is 1. The van der Waals surface area contributed by atoms with E-state index in [1.165, 1.54) is 18.0 Å². The van der Waals surface area contributed by atoms with Crippen LogP contribution in [0.4, 0.5) is 5.69 Å². The van der Waals surface area contributed by atoms with Gasteiger partial charge in [0.25, 0.3) is 0 Å². The third-order valence-corrected chi connectivity index (χ3v) is 5.31. The van der Waals surface area contributed by atoms with Crippen molar-refractivity contribution in [1.29, 1.82) is 0 Å². The van der Waals surface area contributed by atoms with Crippen LogP contribution in [0, 0.1) is 0 Å². The van der Waals surface area contributed by atoms with E-state index in [2.05, 4.69) is 21.9 Å². The Morgan fingerprint density at radius 3 is 2.31 bits per heavy atom. The molecule has 1 saturated heterocycles. The fraction of sp³-hybridized carbons (Fsp3) is 0.280. The number of carbonyl (C=O) groups is 1. The molecule has 7 nitrogen and oxygen atoms in total. The highest BCUT2D eigenvalue weighted by Gasteiger charge is 2.18. The molecule has 4 rings (SSSR count). The molecule has 0 bridgehead atoms. The van der Waals surface area contributed by atoms with E-state index in [0.29, 0.717) is 12.3 Å². The van der Waals surface area contributed by atoms with Crippen LogP contribution in [0.2, 0.25) is 0 Å². The lowest BCUT2D eigenvalue weighted by atomic mass is 10.2. The topological polar surface area (TPSA) is 72.2 Å². The molecule has 7 heteroatoms. The molecular formula is C25H26N2O5. The van der Waals surface area contributed by atoms with Crippen molar-refractivity contribution in [1.82, 2.24) is 4.90 Å². The number of hydrogen-bond acceptors (Lipinski definition) is 7. The molecule has 0 unspecified atom stereocenters. The molecule has 1 aliphatic rings. The summed E-state index contributed by atoms with van der Waals surface area (Å²) in [6, 6.07) is 21.1. The van der Waals surface area contributed by atoms with Gasteiger partial charge in [0.15, 0.2) is 6.61 Å². The Morgan fingerprint density at radius 1 is 0.938 bits per heavy atom. The number of rotatable bonds is 8. The summed E-state index contributed by atoms with van der Waals surface area (Å²) in [6.45, 7) is 3.96. The molecule has 3 aromatic rings. The van der Waals surface area contributed by atoms with Crippen LogP contribution in [0.5, 0.6) is 5.75 Å². The summed E-state index contributed by atoms with van der Waals surface area (Å²) in [7, 11) is 0. The van der Waals surface area contributed by atoms with E-state index in [1.807, 2.05) is 48.5 Å². The summed E-state index contributed by atoms with van der Waals surface area (Å²) in [6.07, 6.45) is 1.27. The van der Waals surface area contributed by atoms with Crippen molar-refractivity contribution in [3.05, 3.63) is 94.5 Å². The number of benzene rings is 2. The van der Waals surface area contributed by atoms with E-state index >= 15 is 0 Å². The van der Waals surface area contributed by atoms with Crippen LogP contribution in [0.3, 0.4) is 0 Å². The van der Waals surface area contributed by atoms with Crippen molar-refractivity contribution in [2.75, 3.05) is 37.7 Å². The van der Waals surface area contributed by atoms with Crippen LogP contribution < -0.4 is 15.1 Å². The first-order valence-corrected chi connectivity index (χ1v) is 10.6. The standard InChI is InChI=1S/C25H26N2O5/c28-23-15-22(16-26-11-13-27(14-12-26)21-9-5-2-6-10-21)30-18-24(23)31-19-25(29)32-17-20-7-3-1-4-8-20/h1-10,15,18H,11-14,16-17,19H2. The first kappa shape index (κ1) is 21.6. The number of carbonyl (C=O) groups excluding carboxylic acids is 1. The third-order valence-electron chi connectivity index (χ3n) is 5.31. The second-order valence-corrected chi connectivity index (χ2v) is 7.61. The first-order valence-electron chi connectivity index (χ1n) is 10.6. The van der Waals surface area contributed by atoms with Gasteiger partial charge in [-0.2, -0.15) is 0 Å². The maximum absolute atomic E-state index is 12.3. The highest BCUT2D eigenvalue weighted by atomic mass is 16.6. The van der Waals surface area contributed by atoms with Gasteiger partial charge in [0.1, 0.15) is 18.6 Å². The number of piperazine rings is 1. The summed E-state index contributed by atoms with van der Waals surface area (Å²) in [5.41, 5.74) is 1.79. The molecule has 1 aromatic heterocycles. The van der Waals surface area contributed by atoms with E-state index in [4.69, 9.17) is 13.9 Å². The number of nitrogens with zero attached hydrogens (tertiary/aromatic N) is 2. The molecule has 1 fully saturated rings. The second-order valence-electron chi connectivity index (χ2n) is 7.61. The quantitative estimate of drug-likeness (QED) is 0.505. The Morgan fingerprint density at radius 2 is 1.62 bits per heavy atom. The minimum Gasteiger partial charge on any atom is -0.475 e. The molecule has 2 aromatic carbocycles. The number of anilines is 1. The summed E-state index contributed by atoms with van der Waals surface area (Å²) < 4.78 is 16.0. The van der Waals surface area contributed by atoms with Gasteiger partial charge >= 0.3 is 5.97 Å². The van der Waals surface area contributed by atoms with Gasteiger partial charge in [-0.25, -0.2) is 4.79 Å². The van der Waals surface area contributed by atoms with E-state index in [9.17, 15) is 9.59 Å². The average Bonchev–Trinajstić information content (AvgIpc) is 2.84. The molecule has 0 aliphatic carbocycles. The Kier molecular flexibility index (Phi) is 7.19. The van der Waals surface area contributed by atoms with E-state index < -0.39 is 5.97 Å². The van der Waals surface area contributed by atoms with Crippen molar-refractivity contribution in [3.63, 3.8) is 0 Å². The molecule has 2 heterocycles. The monoisotopic (exact) mass is 434 g/mol. The maximum Gasteiger partial charge on any atom is 0.344 e. The van der Waals surface area contributed by atoms with Gasteiger partial charge in [-0.05, 0) is 17.7 Å². The summed E-state index contributed by atoms with van der Waals surface area (Å²) >= 11 is 0. The van der Waals surface area contributed by atoms with Gasteiger partial charge in [0, 0.05) is 37.9 Å². The summed E-state index contributed by atoms with van der Waals surface area (Å²) in [5.74, 6) is 0.0232. The third kappa shape index (κ3) is 5.98. The predicted molar refractivity (Wildman–Crippen MR) is 121 cm³/mol. The number of esters is 1. The highest BCUT2D eigenvalue weighted by molar-refractivity contribution is 5.71. The molecule has 0 saturated carbocycles. The van der Waals surface area contributed by atoms with E-state index in [-0.39, 0.29) is 24.4 Å². The zero-order valence-corrected chi connectivity index (χ0v) is 17.8. The minimum atomic E-state index is -0.548. The SMILES string of the molecule is O=C(COc1coc(CN2CCN(c3ccccc3)CC2)cc1=O)OCc1ccccc1. The fourth-order valence-electron chi connectivity index (χ4n) is 3.57. The van der Waals surface area contributed by atoms with Gasteiger partial charge in [0.05, 0.1) is 6.54 Å². The molecule has 166 valence electrons. The van der Waals surface area contributed by atoms with Crippen LogP contribution in [-0.2, 0) is 22.7 Å². The van der Waals surface area contributed by atoms with E-state index in [0.717, 1.165) is 31.7 Å². The first-order chi connectivity index (χ1) is 15.7. The average molecular weight is 434 g/mol. The lowest BCUT2D eigenvalue weighted by Crippen LogP contribution is -2.46. The molecule has 0 spiro atoms. The van der Waals surface area contributed by atoms with Gasteiger partial charge in [0.2, 0.25) is 11.2 Å². The van der Waals surface area contributed by atoms with Crippen LogP contribution in [-0.4, -0.2) is 43.7 Å². The van der Waals surface area contributed by atoms with Gasteiger partial charge in [-0.1, -0.05) is 48.5 Å². The van der Waals surface area contributed by atoms with Crippen molar-refractivity contribution >= 4 is 11.7 Å². The normalized spacial score (nSPS) is 14.2. The Labute approximate surface area is 186 Å². The smallest absolute Gasteiger partial charge is 0.344 e. The summed E-state index contributed by atoms with van der Waals surface area (Å²) in [5, 5.41) is 0. The molecule has 0 amide bonds. The lowest BCUT2D eigenvalue weighted by Gasteiger charge is -2.35. The van der Waals surface area contributed by atoms with Gasteiger partial charge in [-0.15, -0.1) is 0 Å². The highest BCUT2D eigenvalue weighted by Crippen LogP contribution is 2.17. The predicted octanol–water partition coefficient (Wildman–Crippen LogP) is 3.08. The number of hydrogen-bond donors (Lipinski definition) is 0. The Balaban J connectivity index is 1.23. The summed E-state index contributed by atoms with van der Waals surface area (Å²) in [4.78, 5) is 28.8. The Bertz CT molecular complexity index is 1060.